The van der Waals surface area contributed by atoms with E-state index >= 15 is 0 Å². The fourth-order valence-corrected chi connectivity index (χ4v) is 1.52. The number of phenolic OH excluding ortho intramolecular Hbond substituents is 1. The number of nitrogens with zero attached hydrogens (tertiary/aromatic N) is 3. The number of aryl methyl sites for hydroxylation is 1. The molecule has 0 saturated carbocycles. The summed E-state index contributed by atoms with van der Waals surface area (Å²) in [7, 11) is 0. The van der Waals surface area contributed by atoms with Gasteiger partial charge in [0.2, 0.25) is 0 Å². The number of anilines is 1. The lowest BCUT2D eigenvalue weighted by molar-refractivity contribution is -0.446. The first-order valence-electron chi connectivity index (χ1n) is 5.11. The van der Waals surface area contributed by atoms with Gasteiger partial charge >= 0.3 is 0 Å². The summed E-state index contributed by atoms with van der Waals surface area (Å²) in [6.07, 6.45) is 1.46. The van der Waals surface area contributed by atoms with E-state index in [9.17, 15) is 15.2 Å². The van der Waals surface area contributed by atoms with E-state index in [-0.39, 0.29) is 11.7 Å². The quantitative estimate of drug-likeness (QED) is 0.632. The van der Waals surface area contributed by atoms with Crippen molar-refractivity contribution < 1.29 is 10.1 Å². The van der Waals surface area contributed by atoms with Crippen LogP contribution in [0.4, 0.5) is 5.95 Å². The molecule has 0 unspecified atom stereocenters. The van der Waals surface area contributed by atoms with Crippen molar-refractivity contribution >= 4 is 5.95 Å². The molecule has 0 aliphatic rings. The molecule has 0 atom stereocenters. The number of nitrogens with one attached hydrogen (secondary N) is 1. The lowest BCUT2D eigenvalue weighted by Crippen LogP contribution is -2.11. The van der Waals surface area contributed by atoms with Crippen LogP contribution in [0.5, 0.6) is 5.75 Å². The van der Waals surface area contributed by atoms with Gasteiger partial charge in [-0.1, -0.05) is 17.6 Å². The number of aromatic nitrogens is 2. The number of hydrogen-bond acceptors (Lipinski definition) is 5. The van der Waals surface area contributed by atoms with Gasteiger partial charge in [0.15, 0.2) is 5.03 Å². The van der Waals surface area contributed by atoms with Gasteiger partial charge in [0.25, 0.3) is 5.95 Å². The van der Waals surface area contributed by atoms with Crippen LogP contribution in [0.2, 0.25) is 0 Å². The van der Waals surface area contributed by atoms with Crippen molar-refractivity contribution in [2.45, 2.75) is 6.92 Å². The maximum absolute atomic E-state index is 10.3. The van der Waals surface area contributed by atoms with E-state index in [2.05, 4.69) is 9.97 Å². The predicted molar refractivity (Wildman–Crippen MR) is 64.5 cm³/mol. The fraction of sp³-hybridized carbons (Fsp3) is 0.0909. The number of aromatic hydroxyl groups is 1. The number of rotatable bonds is 3. The van der Waals surface area contributed by atoms with Gasteiger partial charge in [-0.3, -0.25) is 0 Å². The van der Waals surface area contributed by atoms with Gasteiger partial charge in [-0.25, -0.2) is 20.1 Å². The Bertz CT molecular complexity index is 601. The average Bonchev–Trinajstić information content (AvgIpc) is 2.32. The fourth-order valence-electron chi connectivity index (χ4n) is 1.52. The molecular weight excluding hydrogens is 236 g/mol. The molecule has 7 heteroatoms. The van der Waals surface area contributed by atoms with Crippen molar-refractivity contribution in [3.05, 3.63) is 46.1 Å². The summed E-state index contributed by atoms with van der Waals surface area (Å²) in [4.78, 5) is 18.1. The van der Waals surface area contributed by atoms with Crippen molar-refractivity contribution in [3.63, 3.8) is 0 Å². The molecule has 1 heterocycles. The van der Waals surface area contributed by atoms with Crippen LogP contribution in [0, 0.1) is 17.0 Å². The molecule has 92 valence electrons. The maximum Gasteiger partial charge on any atom is 0.285 e. The second kappa shape index (κ2) is 4.66. The summed E-state index contributed by atoms with van der Waals surface area (Å²) in [5, 5.41) is 19.3. The number of hydrogen-bond donors (Lipinski definition) is 2. The summed E-state index contributed by atoms with van der Waals surface area (Å²) in [5.74, 6) is -0.0600. The molecule has 0 spiro atoms. The van der Waals surface area contributed by atoms with Gasteiger partial charge < -0.3 is 5.11 Å². The largest absolute Gasteiger partial charge is 0.507 e. The van der Waals surface area contributed by atoms with Crippen LogP contribution in [0.25, 0.3) is 11.3 Å². The van der Waals surface area contributed by atoms with Gasteiger partial charge in [0.1, 0.15) is 5.75 Å². The van der Waals surface area contributed by atoms with E-state index in [1.165, 1.54) is 12.3 Å². The second-order valence-electron chi connectivity index (χ2n) is 3.61. The Morgan fingerprint density at radius 3 is 2.78 bits per heavy atom. The summed E-state index contributed by atoms with van der Waals surface area (Å²) < 4.78 is 0. The molecular formula is C11H10N4O3. The van der Waals surface area contributed by atoms with E-state index in [1.54, 1.807) is 25.1 Å². The van der Waals surface area contributed by atoms with Crippen LogP contribution in [-0.2, 0) is 0 Å². The number of para-hydroxylation sites is 1. The molecule has 0 aliphatic heterocycles. The Morgan fingerprint density at radius 2 is 2.11 bits per heavy atom. The normalized spacial score (nSPS) is 10.1. The predicted octanol–water partition coefficient (Wildman–Crippen LogP) is 1.76. The Morgan fingerprint density at radius 1 is 1.39 bits per heavy atom. The Hall–Kier alpha value is -2.70. The van der Waals surface area contributed by atoms with Crippen molar-refractivity contribution in [3.8, 4) is 17.0 Å². The molecule has 0 bridgehead atoms. The third-order valence-electron chi connectivity index (χ3n) is 2.32. The van der Waals surface area contributed by atoms with Gasteiger partial charge in [-0.15, -0.1) is 0 Å². The van der Waals surface area contributed by atoms with Crippen molar-refractivity contribution in [2.75, 3.05) is 5.43 Å². The lowest BCUT2D eigenvalue weighted by Gasteiger charge is -2.07. The third-order valence-corrected chi connectivity index (χ3v) is 2.32. The SMILES string of the molecule is Cc1cnc(N[N+](=O)[O-])nc1-c1ccccc1O. The van der Waals surface area contributed by atoms with E-state index in [0.29, 0.717) is 16.8 Å². The molecule has 0 aliphatic carbocycles. The van der Waals surface area contributed by atoms with E-state index in [4.69, 9.17) is 0 Å². The smallest absolute Gasteiger partial charge is 0.285 e. The zero-order chi connectivity index (χ0) is 13.1. The van der Waals surface area contributed by atoms with Gasteiger partial charge in [-0.05, 0) is 24.6 Å². The summed E-state index contributed by atoms with van der Waals surface area (Å²) in [6.45, 7) is 1.76. The summed E-state index contributed by atoms with van der Waals surface area (Å²) >= 11 is 0. The zero-order valence-electron chi connectivity index (χ0n) is 9.49. The van der Waals surface area contributed by atoms with Crippen LogP contribution in [0.1, 0.15) is 5.56 Å². The molecule has 18 heavy (non-hydrogen) atoms. The van der Waals surface area contributed by atoms with Crippen LogP contribution in [-0.4, -0.2) is 20.1 Å². The molecule has 2 aromatic rings. The molecule has 1 aromatic carbocycles. The standard InChI is InChI=1S/C11H10N4O3/c1-7-6-12-11(14-15(17)18)13-10(7)8-4-2-3-5-9(8)16/h2-6,16H,1H3,(H,12,13,14). The van der Waals surface area contributed by atoms with Gasteiger partial charge in [0, 0.05) is 11.8 Å². The zero-order valence-corrected chi connectivity index (χ0v) is 9.49. The van der Waals surface area contributed by atoms with Crippen molar-refractivity contribution in [2.24, 2.45) is 0 Å². The minimum Gasteiger partial charge on any atom is -0.507 e. The first kappa shape index (κ1) is 11.8. The first-order chi connectivity index (χ1) is 8.58. The monoisotopic (exact) mass is 246 g/mol. The van der Waals surface area contributed by atoms with E-state index < -0.39 is 5.03 Å². The van der Waals surface area contributed by atoms with Crippen LogP contribution in [0.3, 0.4) is 0 Å². The van der Waals surface area contributed by atoms with Gasteiger partial charge in [-0.2, -0.15) is 0 Å². The van der Waals surface area contributed by atoms with Crippen LogP contribution >= 0.6 is 0 Å². The topological polar surface area (TPSA) is 101 Å². The van der Waals surface area contributed by atoms with Crippen LogP contribution in [0.15, 0.2) is 30.5 Å². The van der Waals surface area contributed by atoms with Crippen LogP contribution < -0.4 is 5.43 Å². The maximum atomic E-state index is 10.3. The van der Waals surface area contributed by atoms with Gasteiger partial charge in [0.05, 0.1) is 5.69 Å². The number of benzene rings is 1. The molecule has 2 N–H and O–H groups in total. The Labute approximate surface area is 102 Å². The minimum atomic E-state index is -0.737. The van der Waals surface area contributed by atoms with E-state index in [0.717, 1.165) is 0 Å². The lowest BCUT2D eigenvalue weighted by atomic mass is 10.1. The molecule has 0 fully saturated rings. The van der Waals surface area contributed by atoms with Crippen molar-refractivity contribution in [1.82, 2.24) is 9.97 Å². The Kier molecular flexibility index (Phi) is 3.05. The number of hydrazine groups is 1. The molecule has 0 saturated heterocycles. The summed E-state index contributed by atoms with van der Waals surface area (Å²) in [6, 6.07) is 6.64. The molecule has 0 radical (unpaired) electrons. The average molecular weight is 246 g/mol. The highest BCUT2D eigenvalue weighted by Crippen LogP contribution is 2.29. The molecule has 7 nitrogen and oxygen atoms in total. The Balaban J connectivity index is 2.50. The van der Waals surface area contributed by atoms with E-state index in [1.807, 2.05) is 5.43 Å². The number of nitro groups is 1. The summed E-state index contributed by atoms with van der Waals surface area (Å²) in [5.41, 5.74) is 3.55. The molecule has 0 amide bonds. The second-order valence-corrected chi connectivity index (χ2v) is 3.61. The third kappa shape index (κ3) is 2.34. The van der Waals surface area contributed by atoms with Crippen molar-refractivity contribution in [1.29, 1.82) is 0 Å². The minimum absolute atomic E-state index is 0.0614. The first-order valence-corrected chi connectivity index (χ1v) is 5.11. The highest BCUT2D eigenvalue weighted by atomic mass is 16.7. The number of phenols is 1. The molecule has 1 aromatic heterocycles. The highest BCUT2D eigenvalue weighted by molar-refractivity contribution is 5.69. The molecule has 2 rings (SSSR count). The highest BCUT2D eigenvalue weighted by Gasteiger charge is 2.11.